The predicted octanol–water partition coefficient (Wildman–Crippen LogP) is 3.43. The van der Waals surface area contributed by atoms with Crippen LogP contribution in [0.2, 0.25) is 0 Å². The predicted molar refractivity (Wildman–Crippen MR) is 83.6 cm³/mol. The summed E-state index contributed by atoms with van der Waals surface area (Å²) in [5.74, 6) is -0.0683. The van der Waals surface area contributed by atoms with Crippen molar-refractivity contribution in [2.75, 3.05) is 5.32 Å². The fourth-order valence-electron chi connectivity index (χ4n) is 1.93. The van der Waals surface area contributed by atoms with Crippen molar-refractivity contribution >= 4 is 27.5 Å². The lowest BCUT2D eigenvalue weighted by Gasteiger charge is -2.10. The molecule has 0 aliphatic carbocycles. The minimum absolute atomic E-state index is 0.0330. The standard InChI is InChI=1S/C16H16BrNO2/c1-11-5-6-13(10-19)8-15(11)18-16(20)9-12-3-2-4-14(17)7-12/h2-8,19H,9-10H2,1H3,(H,18,20). The number of benzene rings is 2. The number of carbonyl (C=O) groups is 1. The van der Waals surface area contributed by atoms with Gasteiger partial charge in [-0.15, -0.1) is 0 Å². The van der Waals surface area contributed by atoms with Crippen LogP contribution in [-0.4, -0.2) is 11.0 Å². The van der Waals surface area contributed by atoms with Gasteiger partial charge in [-0.3, -0.25) is 4.79 Å². The normalized spacial score (nSPS) is 10.3. The average molecular weight is 334 g/mol. The third-order valence-electron chi connectivity index (χ3n) is 3.01. The fraction of sp³-hybridized carbons (Fsp3) is 0.188. The second-order valence-electron chi connectivity index (χ2n) is 4.66. The van der Waals surface area contributed by atoms with Crippen LogP contribution in [0.3, 0.4) is 0 Å². The minimum atomic E-state index is -0.0683. The van der Waals surface area contributed by atoms with Gasteiger partial charge in [0.2, 0.25) is 5.91 Å². The lowest BCUT2D eigenvalue weighted by atomic mass is 10.1. The SMILES string of the molecule is Cc1ccc(CO)cc1NC(=O)Cc1cccc(Br)c1. The maximum Gasteiger partial charge on any atom is 0.228 e. The molecule has 0 spiro atoms. The summed E-state index contributed by atoms with van der Waals surface area (Å²) < 4.78 is 0.959. The molecule has 0 aliphatic heterocycles. The van der Waals surface area contributed by atoms with E-state index in [9.17, 15) is 4.79 Å². The molecule has 0 heterocycles. The van der Waals surface area contributed by atoms with Crippen LogP contribution in [0.1, 0.15) is 16.7 Å². The summed E-state index contributed by atoms with van der Waals surface area (Å²) >= 11 is 3.39. The molecule has 2 N–H and O–H groups in total. The Labute approximate surface area is 126 Å². The van der Waals surface area contributed by atoms with Gasteiger partial charge in [-0.2, -0.15) is 0 Å². The van der Waals surface area contributed by atoms with E-state index in [4.69, 9.17) is 5.11 Å². The molecule has 0 atom stereocenters. The van der Waals surface area contributed by atoms with Crippen LogP contribution in [0.4, 0.5) is 5.69 Å². The van der Waals surface area contributed by atoms with E-state index in [-0.39, 0.29) is 12.5 Å². The van der Waals surface area contributed by atoms with E-state index in [1.807, 2.05) is 43.3 Å². The second kappa shape index (κ2) is 6.68. The molecule has 0 saturated heterocycles. The number of hydrogen-bond donors (Lipinski definition) is 2. The molecule has 0 aliphatic rings. The maximum atomic E-state index is 12.1. The number of anilines is 1. The summed E-state index contributed by atoms with van der Waals surface area (Å²) in [6.07, 6.45) is 0.322. The first-order chi connectivity index (χ1) is 9.58. The minimum Gasteiger partial charge on any atom is -0.392 e. The molecular weight excluding hydrogens is 318 g/mol. The van der Waals surface area contributed by atoms with E-state index in [2.05, 4.69) is 21.2 Å². The molecule has 20 heavy (non-hydrogen) atoms. The first-order valence-electron chi connectivity index (χ1n) is 6.33. The van der Waals surface area contributed by atoms with Gasteiger partial charge in [-0.1, -0.05) is 40.2 Å². The van der Waals surface area contributed by atoms with Gasteiger partial charge < -0.3 is 10.4 Å². The van der Waals surface area contributed by atoms with Crippen molar-refractivity contribution in [2.24, 2.45) is 0 Å². The van der Waals surface area contributed by atoms with Gasteiger partial charge in [0, 0.05) is 10.2 Å². The Morgan fingerprint density at radius 1 is 1.20 bits per heavy atom. The number of aliphatic hydroxyl groups is 1. The van der Waals surface area contributed by atoms with Gasteiger partial charge >= 0.3 is 0 Å². The molecule has 2 rings (SSSR count). The van der Waals surface area contributed by atoms with Gasteiger partial charge in [-0.05, 0) is 41.8 Å². The van der Waals surface area contributed by atoms with Gasteiger partial charge in [0.05, 0.1) is 13.0 Å². The lowest BCUT2D eigenvalue weighted by Crippen LogP contribution is -2.15. The Balaban J connectivity index is 2.08. The van der Waals surface area contributed by atoms with E-state index < -0.39 is 0 Å². The molecule has 1 amide bonds. The second-order valence-corrected chi connectivity index (χ2v) is 5.58. The highest BCUT2D eigenvalue weighted by molar-refractivity contribution is 9.10. The summed E-state index contributed by atoms with van der Waals surface area (Å²) in [6, 6.07) is 13.2. The summed E-state index contributed by atoms with van der Waals surface area (Å²) in [5, 5.41) is 12.0. The fourth-order valence-corrected chi connectivity index (χ4v) is 2.38. The molecule has 2 aromatic rings. The Hall–Kier alpha value is -1.65. The molecule has 0 radical (unpaired) electrons. The van der Waals surface area contributed by atoms with Crippen molar-refractivity contribution in [3.8, 4) is 0 Å². The third kappa shape index (κ3) is 3.92. The zero-order valence-corrected chi connectivity index (χ0v) is 12.8. The number of hydrogen-bond acceptors (Lipinski definition) is 2. The summed E-state index contributed by atoms with van der Waals surface area (Å²) in [5.41, 5.74) is 3.46. The molecule has 4 heteroatoms. The Kier molecular flexibility index (Phi) is 4.93. The smallest absolute Gasteiger partial charge is 0.228 e. The molecule has 2 aromatic carbocycles. The topological polar surface area (TPSA) is 49.3 Å². The number of carbonyl (C=O) groups excluding carboxylic acids is 1. The van der Waals surface area contributed by atoms with Crippen molar-refractivity contribution in [1.29, 1.82) is 0 Å². The van der Waals surface area contributed by atoms with Crippen molar-refractivity contribution in [3.63, 3.8) is 0 Å². The highest BCUT2D eigenvalue weighted by atomic mass is 79.9. The molecule has 104 valence electrons. The molecule has 0 fully saturated rings. The number of amides is 1. The van der Waals surface area contributed by atoms with Crippen molar-refractivity contribution in [1.82, 2.24) is 0 Å². The molecule has 0 saturated carbocycles. The number of aryl methyl sites for hydroxylation is 1. The van der Waals surface area contributed by atoms with Gasteiger partial charge in [0.25, 0.3) is 0 Å². The quantitative estimate of drug-likeness (QED) is 0.900. The van der Waals surface area contributed by atoms with Gasteiger partial charge in [0.1, 0.15) is 0 Å². The van der Waals surface area contributed by atoms with Gasteiger partial charge in [0.15, 0.2) is 0 Å². The molecule has 3 nitrogen and oxygen atoms in total. The van der Waals surface area contributed by atoms with E-state index in [1.54, 1.807) is 6.07 Å². The lowest BCUT2D eigenvalue weighted by molar-refractivity contribution is -0.115. The zero-order valence-electron chi connectivity index (χ0n) is 11.2. The highest BCUT2D eigenvalue weighted by Crippen LogP contribution is 2.18. The van der Waals surface area contributed by atoms with Crippen LogP contribution in [0, 0.1) is 6.92 Å². The summed E-state index contributed by atoms with van der Waals surface area (Å²) in [7, 11) is 0. The number of rotatable bonds is 4. The van der Waals surface area contributed by atoms with Crippen LogP contribution in [-0.2, 0) is 17.8 Å². The van der Waals surface area contributed by atoms with E-state index in [1.165, 1.54) is 0 Å². The zero-order chi connectivity index (χ0) is 14.5. The molecular formula is C16H16BrNO2. The average Bonchev–Trinajstić information content (AvgIpc) is 2.41. The van der Waals surface area contributed by atoms with Crippen molar-refractivity contribution in [2.45, 2.75) is 20.0 Å². The maximum absolute atomic E-state index is 12.1. The number of nitrogens with one attached hydrogen (secondary N) is 1. The Morgan fingerprint density at radius 2 is 2.00 bits per heavy atom. The van der Waals surface area contributed by atoms with E-state index >= 15 is 0 Å². The third-order valence-corrected chi connectivity index (χ3v) is 3.51. The van der Waals surface area contributed by atoms with Crippen molar-refractivity contribution in [3.05, 3.63) is 63.6 Å². The van der Waals surface area contributed by atoms with Gasteiger partial charge in [-0.25, -0.2) is 0 Å². The van der Waals surface area contributed by atoms with Crippen LogP contribution in [0.5, 0.6) is 0 Å². The molecule has 0 bridgehead atoms. The van der Waals surface area contributed by atoms with Crippen LogP contribution >= 0.6 is 15.9 Å². The number of halogens is 1. The Bertz CT molecular complexity index is 626. The highest BCUT2D eigenvalue weighted by Gasteiger charge is 2.07. The largest absolute Gasteiger partial charge is 0.392 e. The Morgan fingerprint density at radius 3 is 2.70 bits per heavy atom. The van der Waals surface area contributed by atoms with Crippen molar-refractivity contribution < 1.29 is 9.90 Å². The monoisotopic (exact) mass is 333 g/mol. The van der Waals surface area contributed by atoms with E-state index in [0.717, 1.165) is 26.9 Å². The van der Waals surface area contributed by atoms with E-state index in [0.29, 0.717) is 6.42 Å². The van der Waals surface area contributed by atoms with Crippen LogP contribution in [0.15, 0.2) is 46.9 Å². The molecule has 0 aromatic heterocycles. The van der Waals surface area contributed by atoms with Crippen LogP contribution in [0.25, 0.3) is 0 Å². The first kappa shape index (κ1) is 14.8. The summed E-state index contributed by atoms with van der Waals surface area (Å²) in [4.78, 5) is 12.1. The first-order valence-corrected chi connectivity index (χ1v) is 7.12. The van der Waals surface area contributed by atoms with Crippen LogP contribution < -0.4 is 5.32 Å². The number of aliphatic hydroxyl groups excluding tert-OH is 1. The summed E-state index contributed by atoms with van der Waals surface area (Å²) in [6.45, 7) is 1.89. The molecule has 0 unspecified atom stereocenters.